The van der Waals surface area contributed by atoms with Gasteiger partial charge in [0.1, 0.15) is 0 Å². The lowest BCUT2D eigenvalue weighted by Crippen LogP contribution is -2.46. The average Bonchev–Trinajstić information content (AvgIpc) is 2.64. The van der Waals surface area contributed by atoms with E-state index >= 15 is 0 Å². The van der Waals surface area contributed by atoms with Crippen molar-refractivity contribution in [2.75, 3.05) is 24.6 Å². The van der Waals surface area contributed by atoms with Gasteiger partial charge >= 0.3 is 0 Å². The smallest absolute Gasteiger partial charge is 0.224 e. The van der Waals surface area contributed by atoms with Crippen LogP contribution in [0.3, 0.4) is 0 Å². The molecule has 116 valence electrons. The Balaban J connectivity index is 1.92. The summed E-state index contributed by atoms with van der Waals surface area (Å²) in [6.07, 6.45) is 6.83. The third kappa shape index (κ3) is 4.96. The van der Waals surface area contributed by atoms with E-state index in [0.717, 1.165) is 18.8 Å². The second kappa shape index (κ2) is 8.28. The number of amides is 1. The van der Waals surface area contributed by atoms with Gasteiger partial charge in [0.25, 0.3) is 0 Å². The lowest BCUT2D eigenvalue weighted by atomic mass is 9.98. The molecule has 0 aliphatic carbocycles. The molecular weight excluding hydrogens is 268 g/mol. The maximum Gasteiger partial charge on any atom is 0.224 e. The highest BCUT2D eigenvalue weighted by Crippen LogP contribution is 2.24. The van der Waals surface area contributed by atoms with Gasteiger partial charge in [-0.1, -0.05) is 26.7 Å². The summed E-state index contributed by atoms with van der Waals surface area (Å²) in [7, 11) is 0. The van der Waals surface area contributed by atoms with Gasteiger partial charge < -0.3 is 10.2 Å². The predicted molar refractivity (Wildman–Crippen MR) is 87.2 cm³/mol. The fourth-order valence-electron chi connectivity index (χ4n) is 3.37. The molecule has 2 heterocycles. The molecule has 0 spiro atoms. The van der Waals surface area contributed by atoms with Crippen molar-refractivity contribution < 1.29 is 4.79 Å². The van der Waals surface area contributed by atoms with E-state index < -0.39 is 0 Å². The van der Waals surface area contributed by atoms with Crippen LogP contribution in [0.4, 0.5) is 0 Å². The normalized spacial score (nSPS) is 28.4. The van der Waals surface area contributed by atoms with E-state index in [1.54, 1.807) is 0 Å². The molecular formula is C16H30N2OS. The number of nitrogens with one attached hydrogen (secondary N) is 1. The van der Waals surface area contributed by atoms with Crippen LogP contribution in [0.25, 0.3) is 0 Å². The number of carbonyl (C=O) groups excluding carboxylic acids is 1. The van der Waals surface area contributed by atoms with Crippen molar-refractivity contribution in [1.29, 1.82) is 0 Å². The molecule has 2 aliphatic heterocycles. The van der Waals surface area contributed by atoms with E-state index in [2.05, 4.69) is 24.1 Å². The zero-order valence-corrected chi connectivity index (χ0v) is 13.9. The van der Waals surface area contributed by atoms with Crippen LogP contribution < -0.4 is 5.32 Å². The van der Waals surface area contributed by atoms with E-state index in [9.17, 15) is 4.79 Å². The molecule has 2 atom stereocenters. The van der Waals surface area contributed by atoms with Crippen LogP contribution in [0.2, 0.25) is 0 Å². The van der Waals surface area contributed by atoms with Gasteiger partial charge in [0.2, 0.25) is 5.91 Å². The predicted octanol–water partition coefficient (Wildman–Crippen LogP) is 2.90. The Bertz CT molecular complexity index is 303. The van der Waals surface area contributed by atoms with Crippen LogP contribution in [0.1, 0.15) is 52.4 Å². The molecule has 2 rings (SSSR count). The van der Waals surface area contributed by atoms with Gasteiger partial charge in [0.15, 0.2) is 0 Å². The lowest BCUT2D eigenvalue weighted by molar-refractivity contribution is -0.134. The van der Waals surface area contributed by atoms with E-state index in [1.165, 1.54) is 37.9 Å². The first-order chi connectivity index (χ1) is 9.66. The maximum atomic E-state index is 12.7. The standard InChI is InChI=1S/C16H30N2OS/c1-13(2)10-15-6-4-3-5-8-18(15)16(19)11-14-12-20-9-7-17-14/h13-15,17H,3-12H2,1-2H3. The van der Waals surface area contributed by atoms with Gasteiger partial charge in [-0.3, -0.25) is 4.79 Å². The van der Waals surface area contributed by atoms with Crippen LogP contribution in [-0.2, 0) is 4.79 Å². The molecule has 2 saturated heterocycles. The van der Waals surface area contributed by atoms with Gasteiger partial charge in [-0.15, -0.1) is 0 Å². The van der Waals surface area contributed by atoms with Crippen molar-refractivity contribution in [3.8, 4) is 0 Å². The van der Waals surface area contributed by atoms with Crippen LogP contribution in [-0.4, -0.2) is 47.5 Å². The Kier molecular flexibility index (Phi) is 6.69. The highest BCUT2D eigenvalue weighted by molar-refractivity contribution is 7.99. The summed E-state index contributed by atoms with van der Waals surface area (Å²) in [5.41, 5.74) is 0. The first-order valence-corrected chi connectivity index (χ1v) is 9.43. The van der Waals surface area contributed by atoms with Crippen molar-refractivity contribution in [3.63, 3.8) is 0 Å². The van der Waals surface area contributed by atoms with Crippen molar-refractivity contribution in [1.82, 2.24) is 10.2 Å². The van der Waals surface area contributed by atoms with Gasteiger partial charge in [0, 0.05) is 43.1 Å². The highest BCUT2D eigenvalue weighted by atomic mass is 32.2. The number of nitrogens with zero attached hydrogens (tertiary/aromatic N) is 1. The second-order valence-corrected chi connectivity index (χ2v) is 7.80. The van der Waals surface area contributed by atoms with Crippen molar-refractivity contribution in [3.05, 3.63) is 0 Å². The van der Waals surface area contributed by atoms with Crippen LogP contribution in [0.15, 0.2) is 0 Å². The molecule has 0 bridgehead atoms. The second-order valence-electron chi connectivity index (χ2n) is 6.65. The molecule has 0 aromatic carbocycles. The number of likely N-dealkylation sites (tertiary alicyclic amines) is 1. The van der Waals surface area contributed by atoms with Gasteiger partial charge in [-0.2, -0.15) is 11.8 Å². The Labute approximate surface area is 128 Å². The summed E-state index contributed by atoms with van der Waals surface area (Å²) >= 11 is 1.97. The molecule has 3 nitrogen and oxygen atoms in total. The monoisotopic (exact) mass is 298 g/mol. The summed E-state index contributed by atoms with van der Waals surface area (Å²) in [5, 5.41) is 3.49. The van der Waals surface area contributed by atoms with Gasteiger partial charge in [0.05, 0.1) is 0 Å². The maximum absolute atomic E-state index is 12.7. The number of carbonyl (C=O) groups is 1. The molecule has 1 N–H and O–H groups in total. The molecule has 0 saturated carbocycles. The Morgan fingerprint density at radius 2 is 2.20 bits per heavy atom. The number of thioether (sulfide) groups is 1. The minimum Gasteiger partial charge on any atom is -0.340 e. The summed E-state index contributed by atoms with van der Waals surface area (Å²) < 4.78 is 0. The quantitative estimate of drug-likeness (QED) is 0.866. The molecule has 1 amide bonds. The van der Waals surface area contributed by atoms with Crippen LogP contribution in [0.5, 0.6) is 0 Å². The van der Waals surface area contributed by atoms with Gasteiger partial charge in [-0.25, -0.2) is 0 Å². The van der Waals surface area contributed by atoms with Gasteiger partial charge in [-0.05, 0) is 25.2 Å². The van der Waals surface area contributed by atoms with E-state index in [4.69, 9.17) is 0 Å². The zero-order chi connectivity index (χ0) is 14.4. The molecule has 0 aromatic rings. The molecule has 20 heavy (non-hydrogen) atoms. The van der Waals surface area contributed by atoms with E-state index in [1.807, 2.05) is 11.8 Å². The average molecular weight is 298 g/mol. The van der Waals surface area contributed by atoms with E-state index in [0.29, 0.717) is 30.3 Å². The van der Waals surface area contributed by atoms with Crippen molar-refractivity contribution >= 4 is 17.7 Å². The number of rotatable bonds is 4. The third-order valence-corrected chi connectivity index (χ3v) is 5.49. The fourth-order valence-corrected chi connectivity index (χ4v) is 4.32. The number of hydrogen-bond donors (Lipinski definition) is 1. The molecule has 0 radical (unpaired) electrons. The molecule has 4 heteroatoms. The first kappa shape index (κ1) is 16.2. The molecule has 2 fully saturated rings. The minimum atomic E-state index is 0.387. The summed E-state index contributed by atoms with van der Waals surface area (Å²) in [6.45, 7) is 6.58. The van der Waals surface area contributed by atoms with Crippen molar-refractivity contribution in [2.45, 2.75) is 64.5 Å². The largest absolute Gasteiger partial charge is 0.340 e. The summed E-state index contributed by atoms with van der Waals surface area (Å²) in [6, 6.07) is 0.880. The minimum absolute atomic E-state index is 0.387. The van der Waals surface area contributed by atoms with Crippen LogP contribution >= 0.6 is 11.8 Å². The summed E-state index contributed by atoms with van der Waals surface area (Å²) in [5.74, 6) is 3.34. The first-order valence-electron chi connectivity index (χ1n) is 8.27. The van der Waals surface area contributed by atoms with Crippen LogP contribution in [0, 0.1) is 5.92 Å². The highest BCUT2D eigenvalue weighted by Gasteiger charge is 2.28. The Morgan fingerprint density at radius 3 is 2.90 bits per heavy atom. The SMILES string of the molecule is CC(C)CC1CCCCCN1C(=O)CC1CSCCN1. The zero-order valence-electron chi connectivity index (χ0n) is 13.1. The lowest BCUT2D eigenvalue weighted by Gasteiger charge is -2.33. The third-order valence-electron chi connectivity index (χ3n) is 4.36. The van der Waals surface area contributed by atoms with Crippen molar-refractivity contribution in [2.24, 2.45) is 5.92 Å². The molecule has 0 aromatic heterocycles. The molecule has 2 aliphatic rings. The number of hydrogen-bond acceptors (Lipinski definition) is 3. The fraction of sp³-hybridized carbons (Fsp3) is 0.938. The summed E-state index contributed by atoms with van der Waals surface area (Å²) in [4.78, 5) is 14.9. The van der Waals surface area contributed by atoms with E-state index in [-0.39, 0.29) is 0 Å². The topological polar surface area (TPSA) is 32.3 Å². The molecule has 2 unspecified atom stereocenters. The Morgan fingerprint density at radius 1 is 1.35 bits per heavy atom. The Hall–Kier alpha value is -0.220.